The first kappa shape index (κ1) is 15.9. The molecule has 22 heavy (non-hydrogen) atoms. The van der Waals surface area contributed by atoms with Gasteiger partial charge in [-0.2, -0.15) is 8.78 Å². The summed E-state index contributed by atoms with van der Waals surface area (Å²) in [6.45, 7) is 2.91. The molecule has 0 atom stereocenters. The van der Waals surface area contributed by atoms with E-state index >= 15 is 0 Å². The highest BCUT2D eigenvalue weighted by atomic mass is 19.2. The maximum Gasteiger partial charge on any atom is 0.204 e. The van der Waals surface area contributed by atoms with Crippen molar-refractivity contribution in [2.45, 2.75) is 6.61 Å². The normalized spacial score (nSPS) is 10.4. The summed E-state index contributed by atoms with van der Waals surface area (Å²) in [5.41, 5.74) is -0.0187. The molecule has 0 bridgehead atoms. The highest BCUT2D eigenvalue weighted by Crippen LogP contribution is 2.30. The van der Waals surface area contributed by atoms with Gasteiger partial charge in [-0.05, 0) is 17.7 Å². The molecule has 0 saturated carbocycles. The lowest BCUT2D eigenvalue weighted by atomic mass is 10.1. The number of rotatable bonds is 5. The van der Waals surface area contributed by atoms with E-state index in [9.17, 15) is 17.6 Å². The molecule has 0 unspecified atom stereocenters. The molecule has 0 saturated heterocycles. The van der Waals surface area contributed by atoms with E-state index < -0.39 is 41.2 Å². The third kappa shape index (κ3) is 2.90. The highest BCUT2D eigenvalue weighted by Gasteiger charge is 2.26. The maximum atomic E-state index is 13.8. The van der Waals surface area contributed by atoms with Crippen LogP contribution in [0.5, 0.6) is 11.5 Å². The SMILES string of the molecule is C=Cc1ccc(OCc2c(F)c(F)c(OC)c(F)c2F)cc1. The average molecular weight is 312 g/mol. The Bertz CT molecular complexity index is 667. The van der Waals surface area contributed by atoms with Crippen molar-refractivity contribution in [2.75, 3.05) is 7.11 Å². The molecule has 0 N–H and O–H groups in total. The lowest BCUT2D eigenvalue weighted by Gasteiger charge is -2.12. The number of hydrogen-bond donors (Lipinski definition) is 0. The number of benzene rings is 2. The zero-order valence-corrected chi connectivity index (χ0v) is 11.6. The topological polar surface area (TPSA) is 18.5 Å². The van der Waals surface area contributed by atoms with Crippen LogP contribution in [0.4, 0.5) is 17.6 Å². The largest absolute Gasteiger partial charge is 0.491 e. The van der Waals surface area contributed by atoms with Crippen LogP contribution in [-0.2, 0) is 6.61 Å². The van der Waals surface area contributed by atoms with Crippen molar-refractivity contribution in [3.8, 4) is 11.5 Å². The summed E-state index contributed by atoms with van der Waals surface area (Å²) in [4.78, 5) is 0. The van der Waals surface area contributed by atoms with Gasteiger partial charge in [-0.15, -0.1) is 0 Å². The van der Waals surface area contributed by atoms with Gasteiger partial charge in [0.1, 0.15) is 12.4 Å². The Balaban J connectivity index is 2.27. The standard InChI is InChI=1S/C16H12F4O2/c1-3-9-4-6-10(7-5-9)22-8-11-12(17)14(19)16(21-2)15(20)13(11)18/h3-7H,1,8H2,2H3. The number of methoxy groups -OCH3 is 1. The van der Waals surface area contributed by atoms with Crippen LogP contribution in [0.1, 0.15) is 11.1 Å². The van der Waals surface area contributed by atoms with Gasteiger partial charge in [-0.3, -0.25) is 0 Å². The van der Waals surface area contributed by atoms with Crippen molar-refractivity contribution < 1.29 is 27.0 Å². The Morgan fingerprint density at radius 2 is 1.50 bits per heavy atom. The molecule has 2 aromatic carbocycles. The van der Waals surface area contributed by atoms with Gasteiger partial charge in [0, 0.05) is 0 Å². The second-order valence-corrected chi connectivity index (χ2v) is 4.33. The minimum Gasteiger partial charge on any atom is -0.491 e. The fourth-order valence-electron chi connectivity index (χ4n) is 1.82. The molecule has 6 heteroatoms. The number of hydrogen-bond acceptors (Lipinski definition) is 2. The molecule has 0 radical (unpaired) electrons. The zero-order valence-electron chi connectivity index (χ0n) is 11.6. The molecule has 2 nitrogen and oxygen atoms in total. The molecule has 0 aliphatic heterocycles. The molecule has 116 valence electrons. The quantitative estimate of drug-likeness (QED) is 0.599. The predicted octanol–water partition coefficient (Wildman–Crippen LogP) is 4.47. The third-order valence-electron chi connectivity index (χ3n) is 3.02. The highest BCUT2D eigenvalue weighted by molar-refractivity contribution is 5.48. The Hall–Kier alpha value is -2.50. The Kier molecular flexibility index (Phi) is 4.70. The second kappa shape index (κ2) is 6.51. The zero-order chi connectivity index (χ0) is 16.3. The molecule has 0 aliphatic rings. The van der Waals surface area contributed by atoms with Crippen molar-refractivity contribution in [3.05, 3.63) is 65.2 Å². The first-order valence-electron chi connectivity index (χ1n) is 6.23. The van der Waals surface area contributed by atoms with E-state index in [4.69, 9.17) is 4.74 Å². The molecule has 2 rings (SSSR count). The van der Waals surface area contributed by atoms with Crippen LogP contribution in [0.2, 0.25) is 0 Å². The molecule has 0 spiro atoms. The Labute approximate surface area is 124 Å². The summed E-state index contributed by atoms with van der Waals surface area (Å²) in [6.07, 6.45) is 1.61. The van der Waals surface area contributed by atoms with Gasteiger partial charge < -0.3 is 9.47 Å². The Morgan fingerprint density at radius 1 is 0.955 bits per heavy atom. The first-order valence-corrected chi connectivity index (χ1v) is 6.23. The van der Waals surface area contributed by atoms with Crippen LogP contribution >= 0.6 is 0 Å². The fraction of sp³-hybridized carbons (Fsp3) is 0.125. The Morgan fingerprint density at radius 3 is 1.95 bits per heavy atom. The van der Waals surface area contributed by atoms with E-state index in [2.05, 4.69) is 11.3 Å². The van der Waals surface area contributed by atoms with Gasteiger partial charge in [0.15, 0.2) is 17.4 Å². The number of halogens is 4. The minimum atomic E-state index is -1.60. The van der Waals surface area contributed by atoms with Gasteiger partial charge >= 0.3 is 0 Å². The van der Waals surface area contributed by atoms with E-state index in [0.29, 0.717) is 5.75 Å². The van der Waals surface area contributed by atoms with Crippen LogP contribution in [0.25, 0.3) is 6.08 Å². The molecule has 0 aliphatic carbocycles. The van der Waals surface area contributed by atoms with E-state index in [0.717, 1.165) is 12.7 Å². The van der Waals surface area contributed by atoms with Crippen LogP contribution in [0, 0.1) is 23.3 Å². The van der Waals surface area contributed by atoms with E-state index in [1.165, 1.54) is 0 Å². The van der Waals surface area contributed by atoms with E-state index in [-0.39, 0.29) is 0 Å². The van der Waals surface area contributed by atoms with Gasteiger partial charge in [0.25, 0.3) is 0 Å². The van der Waals surface area contributed by atoms with Crippen molar-refractivity contribution in [2.24, 2.45) is 0 Å². The minimum absolute atomic E-state index is 0.293. The summed E-state index contributed by atoms with van der Waals surface area (Å²) in [5, 5.41) is 0. The van der Waals surface area contributed by atoms with Crippen molar-refractivity contribution in [1.82, 2.24) is 0 Å². The summed E-state index contributed by atoms with van der Waals surface area (Å²) in [7, 11) is 0.914. The molecule has 0 heterocycles. The molecular formula is C16H12F4O2. The number of ether oxygens (including phenoxy) is 2. The summed E-state index contributed by atoms with van der Waals surface area (Å²) < 4.78 is 64.1. The van der Waals surface area contributed by atoms with Crippen LogP contribution in [0.15, 0.2) is 30.8 Å². The molecule has 0 aromatic heterocycles. The van der Waals surface area contributed by atoms with Crippen LogP contribution in [0.3, 0.4) is 0 Å². The van der Waals surface area contributed by atoms with Gasteiger partial charge in [0.2, 0.25) is 11.6 Å². The van der Waals surface area contributed by atoms with Crippen molar-refractivity contribution in [1.29, 1.82) is 0 Å². The lowest BCUT2D eigenvalue weighted by molar-refractivity contribution is 0.276. The molecule has 2 aromatic rings. The van der Waals surface area contributed by atoms with Gasteiger partial charge in [-0.1, -0.05) is 24.8 Å². The lowest BCUT2D eigenvalue weighted by Crippen LogP contribution is -2.09. The monoisotopic (exact) mass is 312 g/mol. The first-order chi connectivity index (χ1) is 10.5. The summed E-state index contributed by atoms with van der Waals surface area (Å²) in [6, 6.07) is 6.43. The van der Waals surface area contributed by atoms with Crippen LogP contribution in [-0.4, -0.2) is 7.11 Å². The molecule has 0 amide bonds. The summed E-state index contributed by atoms with van der Waals surface area (Å²) in [5.74, 6) is -7.09. The van der Waals surface area contributed by atoms with Gasteiger partial charge in [0.05, 0.1) is 12.7 Å². The molecular weight excluding hydrogens is 300 g/mol. The van der Waals surface area contributed by atoms with Gasteiger partial charge in [-0.25, -0.2) is 8.78 Å². The third-order valence-corrected chi connectivity index (χ3v) is 3.02. The summed E-state index contributed by atoms with van der Waals surface area (Å²) >= 11 is 0. The van der Waals surface area contributed by atoms with Crippen molar-refractivity contribution >= 4 is 6.08 Å². The predicted molar refractivity (Wildman–Crippen MR) is 73.7 cm³/mol. The van der Waals surface area contributed by atoms with Crippen LogP contribution < -0.4 is 9.47 Å². The smallest absolute Gasteiger partial charge is 0.204 e. The maximum absolute atomic E-state index is 13.8. The fourth-order valence-corrected chi connectivity index (χ4v) is 1.82. The van der Waals surface area contributed by atoms with E-state index in [1.54, 1.807) is 30.3 Å². The van der Waals surface area contributed by atoms with E-state index in [1.807, 2.05) is 0 Å². The average Bonchev–Trinajstić information content (AvgIpc) is 2.54. The molecule has 0 fully saturated rings. The second-order valence-electron chi connectivity index (χ2n) is 4.33. The van der Waals surface area contributed by atoms with Crippen molar-refractivity contribution in [3.63, 3.8) is 0 Å².